The molecule has 0 spiro atoms. The van der Waals surface area contributed by atoms with Crippen LogP contribution in [0.3, 0.4) is 0 Å². The van der Waals surface area contributed by atoms with Crippen LogP contribution in [0.25, 0.3) is 238 Å². The van der Waals surface area contributed by atoms with Gasteiger partial charge in [-0.3, -0.25) is 4.98 Å². The van der Waals surface area contributed by atoms with E-state index in [-0.39, 0.29) is 0 Å². The van der Waals surface area contributed by atoms with Crippen LogP contribution in [0.2, 0.25) is 0 Å². The maximum atomic E-state index is 14.4. The summed E-state index contributed by atoms with van der Waals surface area (Å²) in [6.07, 6.45) is 3.95. The molecule has 0 amide bonds. The van der Waals surface area contributed by atoms with E-state index in [0.717, 1.165) is 226 Å². The monoisotopic (exact) mass is 1610 g/mol. The summed E-state index contributed by atoms with van der Waals surface area (Å²) in [6.45, 7) is 0. The van der Waals surface area contributed by atoms with Crippen LogP contribution in [0, 0.1) is 11.3 Å². The number of nitrogens with zero attached hydrogens (tertiary/aromatic N) is 7. The highest BCUT2D eigenvalue weighted by molar-refractivity contribution is 6.21. The molecule has 127 heavy (non-hydrogen) atoms. The van der Waals surface area contributed by atoms with Crippen LogP contribution in [0.5, 0.6) is 0 Å². The SMILES string of the molecule is N#Cc1c(-n2c3ccc(-c4ccccc4)cc3c3cc(-c4ccccc4)ccc32)c(-n2c3ccc(-c4ccccc4)cc3c3cc(-c4ccccc4)ccc32)c(-c2ccccc2-n2c3ccccc3c3ccncc32)c(-n2c3ccc(-c4ccccc4)cc3c3cc(-c4ccccc4)ccc32)c1-n1c2ccc(-c3ccccc3)cc2c2cc(-c3ccccc3)ccc21. The topological polar surface area (TPSA) is 61.3 Å². The van der Waals surface area contributed by atoms with Crippen LogP contribution in [0.4, 0.5) is 0 Å². The molecule has 0 bridgehead atoms. The zero-order chi connectivity index (χ0) is 83.7. The van der Waals surface area contributed by atoms with Crippen molar-refractivity contribution in [3.63, 3.8) is 0 Å². The molecule has 0 atom stereocenters. The summed E-state index contributed by atoms with van der Waals surface area (Å²) in [6, 6.07) is 166. The minimum Gasteiger partial charge on any atom is -0.307 e. The van der Waals surface area contributed by atoms with E-state index in [1.807, 2.05) is 12.4 Å². The van der Waals surface area contributed by atoms with E-state index in [1.165, 1.54) is 0 Å². The van der Waals surface area contributed by atoms with Gasteiger partial charge in [0.25, 0.3) is 0 Å². The van der Waals surface area contributed by atoms with Crippen molar-refractivity contribution < 1.29 is 0 Å². The van der Waals surface area contributed by atoms with Crippen molar-refractivity contribution in [2.45, 2.75) is 0 Å². The fourth-order valence-electron chi connectivity index (χ4n) is 20.4. The van der Waals surface area contributed by atoms with Crippen LogP contribution in [-0.2, 0) is 0 Å². The second kappa shape index (κ2) is 29.6. The first-order chi connectivity index (χ1) is 63.0. The number of benzene rings is 19. The molecule has 590 valence electrons. The normalized spacial score (nSPS) is 11.8. The maximum absolute atomic E-state index is 14.4. The van der Waals surface area contributed by atoms with Gasteiger partial charge in [-0.15, -0.1) is 0 Å². The minimum atomic E-state index is 0.442. The Hall–Kier alpha value is -17.2. The number of para-hydroxylation sites is 2. The predicted molar refractivity (Wildman–Crippen MR) is 530 cm³/mol. The predicted octanol–water partition coefficient (Wildman–Crippen LogP) is 31.4. The van der Waals surface area contributed by atoms with E-state index in [1.54, 1.807) is 0 Å². The molecule has 6 aromatic heterocycles. The van der Waals surface area contributed by atoms with E-state index >= 15 is 0 Å². The fourth-order valence-corrected chi connectivity index (χ4v) is 20.4. The number of hydrogen-bond donors (Lipinski definition) is 0. The minimum absolute atomic E-state index is 0.442. The third-order valence-corrected chi connectivity index (χ3v) is 26.2. The molecule has 7 nitrogen and oxygen atoms in total. The largest absolute Gasteiger partial charge is 0.307 e. The second-order valence-corrected chi connectivity index (χ2v) is 33.1. The van der Waals surface area contributed by atoms with Gasteiger partial charge in [0.15, 0.2) is 0 Å². The van der Waals surface area contributed by atoms with E-state index in [4.69, 9.17) is 4.98 Å². The Labute approximate surface area is 732 Å². The number of pyridine rings is 1. The maximum Gasteiger partial charge on any atom is 0.104 e. The van der Waals surface area contributed by atoms with Crippen LogP contribution < -0.4 is 0 Å². The molecule has 7 heteroatoms. The van der Waals surface area contributed by atoms with Crippen molar-refractivity contribution in [1.82, 2.24) is 27.8 Å². The molecule has 0 N–H and O–H groups in total. The first-order valence-corrected chi connectivity index (χ1v) is 43.3. The van der Waals surface area contributed by atoms with Crippen molar-refractivity contribution in [3.05, 3.63) is 461 Å². The molecule has 0 unspecified atom stereocenters. The molecule has 0 aliphatic rings. The lowest BCUT2D eigenvalue weighted by atomic mass is 9.92. The van der Waals surface area contributed by atoms with Crippen molar-refractivity contribution >= 4 is 109 Å². The van der Waals surface area contributed by atoms with Gasteiger partial charge in [-0.1, -0.05) is 328 Å². The lowest BCUT2D eigenvalue weighted by Gasteiger charge is -2.30. The molecule has 0 aliphatic carbocycles. The van der Waals surface area contributed by atoms with Gasteiger partial charge >= 0.3 is 0 Å². The molecule has 0 saturated heterocycles. The highest BCUT2D eigenvalue weighted by atomic mass is 15.1. The summed E-state index contributed by atoms with van der Waals surface area (Å²) in [4.78, 5) is 5.03. The quantitative estimate of drug-likeness (QED) is 0.109. The lowest BCUT2D eigenvalue weighted by molar-refractivity contribution is 1.03. The molecule has 6 heterocycles. The third-order valence-electron chi connectivity index (χ3n) is 26.2. The highest BCUT2D eigenvalue weighted by Crippen LogP contribution is 2.55. The summed E-state index contributed by atoms with van der Waals surface area (Å²) in [5.41, 5.74) is 32.9. The number of nitriles is 1. The van der Waals surface area contributed by atoms with Crippen molar-refractivity contribution in [1.29, 1.82) is 5.26 Å². The average Bonchev–Trinajstić information content (AvgIpc) is 1.57. The molecule has 0 radical (unpaired) electrons. The summed E-state index contributed by atoms with van der Waals surface area (Å²) in [5, 5.41) is 24.9. The summed E-state index contributed by atoms with van der Waals surface area (Å²) in [5.74, 6) is 0. The van der Waals surface area contributed by atoms with Crippen LogP contribution in [-0.4, -0.2) is 27.8 Å². The molecule has 0 aliphatic heterocycles. The van der Waals surface area contributed by atoms with Gasteiger partial charge in [0.2, 0.25) is 0 Å². The third kappa shape index (κ3) is 11.7. The molecular formula is C120H75N7. The first kappa shape index (κ1) is 72.6. The number of hydrogen-bond acceptors (Lipinski definition) is 2. The van der Waals surface area contributed by atoms with Crippen molar-refractivity contribution in [3.8, 4) is 135 Å². The van der Waals surface area contributed by atoms with Gasteiger partial charge in [0.05, 0.1) is 89.8 Å². The van der Waals surface area contributed by atoms with E-state index in [0.29, 0.717) is 16.9 Å². The van der Waals surface area contributed by atoms with Gasteiger partial charge < -0.3 is 22.8 Å². The standard InChI is InChI=1S/C120H75N7/c121-75-104-117(124-107-57-49-85(77-29-9-1-10-30-77)67-96(107)97-68-86(50-58-108(97)124)78-31-11-2-12-32-78)119(126-111-61-53-89(81-37-17-5-18-38-81)71-100(111)101-72-90(54-62-112(101)126)82-39-19-6-20-40-82)116(95-46-26-28-48-106(95)123-105-47-27-25-45-93(105)94-65-66-122-76-115(94)123)120(127-113-63-55-91(83-41-21-7-22-42-83)73-102(113)103-74-92(56-64-114(103)127)84-43-23-8-24-44-84)118(104)125-109-59-51-87(79-33-13-3-14-34-79)69-98(109)99-70-88(52-60-110(99)125)80-35-15-4-16-36-80/h1-74,76H. The number of rotatable bonds is 14. The van der Waals surface area contributed by atoms with E-state index in [9.17, 15) is 5.26 Å². The van der Waals surface area contributed by atoms with Crippen molar-refractivity contribution in [2.24, 2.45) is 0 Å². The first-order valence-electron chi connectivity index (χ1n) is 43.3. The Morgan fingerprint density at radius 1 is 0.181 bits per heavy atom. The van der Waals surface area contributed by atoms with Gasteiger partial charge in [0, 0.05) is 71.2 Å². The van der Waals surface area contributed by atoms with Crippen LogP contribution >= 0.6 is 0 Å². The zero-order valence-corrected chi connectivity index (χ0v) is 68.9. The number of fused-ring (bicyclic) bond motifs is 15. The van der Waals surface area contributed by atoms with Gasteiger partial charge in [-0.25, -0.2) is 0 Å². The molecule has 0 fully saturated rings. The Kier molecular flexibility index (Phi) is 16.9. The Morgan fingerprint density at radius 3 is 0.685 bits per heavy atom. The van der Waals surface area contributed by atoms with Gasteiger partial charge in [0.1, 0.15) is 11.6 Å². The molecule has 25 rings (SSSR count). The summed E-state index contributed by atoms with van der Waals surface area (Å²) in [7, 11) is 0. The Morgan fingerprint density at radius 2 is 0.409 bits per heavy atom. The van der Waals surface area contributed by atoms with E-state index < -0.39 is 0 Å². The van der Waals surface area contributed by atoms with Crippen LogP contribution in [0.1, 0.15) is 5.56 Å². The van der Waals surface area contributed by atoms with Crippen molar-refractivity contribution in [2.75, 3.05) is 0 Å². The van der Waals surface area contributed by atoms with Gasteiger partial charge in [-0.2, -0.15) is 5.26 Å². The van der Waals surface area contributed by atoms with Crippen LogP contribution in [0.15, 0.2) is 455 Å². The van der Waals surface area contributed by atoms with Gasteiger partial charge in [-0.05, 0) is 204 Å². The van der Waals surface area contributed by atoms with E-state index in [2.05, 4.69) is 472 Å². The zero-order valence-electron chi connectivity index (χ0n) is 68.9. The molecule has 19 aromatic carbocycles. The molecule has 0 saturated carbocycles. The molecular weight excluding hydrogens is 1540 g/mol. The summed E-state index contributed by atoms with van der Waals surface area (Å²) >= 11 is 0. The molecule has 25 aromatic rings. The fraction of sp³-hybridized carbons (Fsp3) is 0. The second-order valence-electron chi connectivity index (χ2n) is 33.1. The highest BCUT2D eigenvalue weighted by Gasteiger charge is 2.37. The average molecular weight is 1610 g/mol. The number of aromatic nitrogens is 6. The smallest absolute Gasteiger partial charge is 0.104 e. The summed E-state index contributed by atoms with van der Waals surface area (Å²) < 4.78 is 12.5. The Balaban J connectivity index is 0.971. The Bertz CT molecular complexity index is 7910. The lowest BCUT2D eigenvalue weighted by Crippen LogP contribution is -2.17.